The van der Waals surface area contributed by atoms with Crippen LogP contribution in [0.15, 0.2) is 0 Å². The second kappa shape index (κ2) is 13.0. The van der Waals surface area contributed by atoms with E-state index in [4.69, 9.17) is 9.47 Å². The van der Waals surface area contributed by atoms with Crippen molar-refractivity contribution in [2.75, 3.05) is 20.3 Å². The number of amides is 1. The third kappa shape index (κ3) is 8.52. The van der Waals surface area contributed by atoms with Gasteiger partial charge in [-0.2, -0.15) is 0 Å². The van der Waals surface area contributed by atoms with Crippen molar-refractivity contribution in [3.8, 4) is 0 Å². The lowest BCUT2D eigenvalue weighted by molar-refractivity contribution is -0.270. The first-order chi connectivity index (χ1) is 12.9. The predicted molar refractivity (Wildman–Crippen MR) is 95.7 cm³/mol. The van der Waals surface area contributed by atoms with Gasteiger partial charge in [-0.15, -0.1) is 0 Å². The Morgan fingerprint density at radius 2 is 1.67 bits per heavy atom. The first-order valence-corrected chi connectivity index (χ1v) is 9.48. The van der Waals surface area contributed by atoms with Crippen molar-refractivity contribution >= 4 is 11.9 Å². The number of unbranched alkanes of at least 4 members (excludes halogenated alkanes) is 5. The van der Waals surface area contributed by atoms with Crippen LogP contribution in [-0.4, -0.2) is 78.2 Å². The Labute approximate surface area is 160 Å². The SMILES string of the molecule is COC(=O)CCCCCCCCO[C@H]1O[C@H](CO)[C@H](O)[C@H](O)[C@@H]1NC(C)=O. The maximum atomic E-state index is 11.3. The zero-order valence-electron chi connectivity index (χ0n) is 16.1. The van der Waals surface area contributed by atoms with Crippen LogP contribution in [0.4, 0.5) is 0 Å². The van der Waals surface area contributed by atoms with Crippen LogP contribution in [0.2, 0.25) is 0 Å². The largest absolute Gasteiger partial charge is 0.469 e. The highest BCUT2D eigenvalue weighted by molar-refractivity contribution is 5.73. The van der Waals surface area contributed by atoms with Gasteiger partial charge in [0.25, 0.3) is 0 Å². The minimum Gasteiger partial charge on any atom is -0.469 e. The lowest BCUT2D eigenvalue weighted by atomic mass is 9.97. The zero-order chi connectivity index (χ0) is 20.2. The van der Waals surface area contributed by atoms with Crippen molar-refractivity contribution in [1.29, 1.82) is 0 Å². The summed E-state index contributed by atoms with van der Waals surface area (Å²) in [5.41, 5.74) is 0. The van der Waals surface area contributed by atoms with Gasteiger partial charge < -0.3 is 34.8 Å². The van der Waals surface area contributed by atoms with E-state index in [0.717, 1.165) is 38.5 Å². The van der Waals surface area contributed by atoms with Crippen molar-refractivity contribution in [3.63, 3.8) is 0 Å². The molecule has 0 aromatic heterocycles. The first-order valence-electron chi connectivity index (χ1n) is 9.48. The van der Waals surface area contributed by atoms with Crippen LogP contribution in [0, 0.1) is 0 Å². The molecule has 1 rings (SSSR count). The molecule has 0 bridgehead atoms. The molecule has 1 amide bonds. The maximum absolute atomic E-state index is 11.3. The molecule has 5 atom stereocenters. The van der Waals surface area contributed by atoms with Gasteiger partial charge in [0, 0.05) is 20.0 Å². The second-order valence-corrected chi connectivity index (χ2v) is 6.75. The van der Waals surface area contributed by atoms with E-state index in [9.17, 15) is 24.9 Å². The summed E-state index contributed by atoms with van der Waals surface area (Å²) in [5.74, 6) is -0.559. The molecule has 9 heteroatoms. The van der Waals surface area contributed by atoms with Crippen LogP contribution >= 0.6 is 0 Å². The Bertz CT molecular complexity index is 447. The van der Waals surface area contributed by atoms with Crippen molar-refractivity contribution in [2.45, 2.75) is 82.5 Å². The van der Waals surface area contributed by atoms with Gasteiger partial charge in [-0.25, -0.2) is 0 Å². The monoisotopic (exact) mass is 391 g/mol. The average Bonchev–Trinajstić information content (AvgIpc) is 2.65. The Balaban J connectivity index is 2.27. The molecule has 158 valence electrons. The van der Waals surface area contributed by atoms with Crippen LogP contribution in [0.1, 0.15) is 51.9 Å². The second-order valence-electron chi connectivity index (χ2n) is 6.75. The molecule has 27 heavy (non-hydrogen) atoms. The van der Waals surface area contributed by atoms with Gasteiger partial charge in [0.2, 0.25) is 5.91 Å². The Hall–Kier alpha value is -1.26. The normalized spacial score (nSPS) is 28.0. The molecular formula is C18H33NO8. The van der Waals surface area contributed by atoms with Gasteiger partial charge in [-0.3, -0.25) is 9.59 Å². The van der Waals surface area contributed by atoms with E-state index in [2.05, 4.69) is 10.1 Å². The summed E-state index contributed by atoms with van der Waals surface area (Å²) in [7, 11) is 1.39. The summed E-state index contributed by atoms with van der Waals surface area (Å²) in [6.07, 6.45) is 1.45. The molecule has 0 aromatic carbocycles. The van der Waals surface area contributed by atoms with Gasteiger partial charge in [-0.1, -0.05) is 25.7 Å². The van der Waals surface area contributed by atoms with Crippen LogP contribution in [-0.2, 0) is 23.8 Å². The lowest BCUT2D eigenvalue weighted by Gasteiger charge is -2.42. The van der Waals surface area contributed by atoms with Crippen molar-refractivity contribution in [3.05, 3.63) is 0 Å². The van der Waals surface area contributed by atoms with Gasteiger partial charge >= 0.3 is 5.97 Å². The van der Waals surface area contributed by atoms with E-state index in [1.54, 1.807) is 0 Å². The Morgan fingerprint density at radius 1 is 1.04 bits per heavy atom. The van der Waals surface area contributed by atoms with Crippen LogP contribution in [0.25, 0.3) is 0 Å². The molecule has 1 aliphatic rings. The number of rotatable bonds is 12. The Morgan fingerprint density at radius 3 is 2.26 bits per heavy atom. The highest BCUT2D eigenvalue weighted by Crippen LogP contribution is 2.22. The van der Waals surface area contributed by atoms with Gasteiger partial charge in [0.1, 0.15) is 24.4 Å². The summed E-state index contributed by atoms with van der Waals surface area (Å²) in [6.45, 7) is 1.20. The van der Waals surface area contributed by atoms with E-state index in [1.807, 2.05) is 0 Å². The molecule has 0 unspecified atom stereocenters. The number of aliphatic hydroxyl groups is 3. The summed E-state index contributed by atoms with van der Waals surface area (Å²) in [6, 6.07) is -0.904. The van der Waals surface area contributed by atoms with Crippen LogP contribution in [0.5, 0.6) is 0 Å². The fourth-order valence-electron chi connectivity index (χ4n) is 2.99. The molecule has 1 saturated heterocycles. The molecule has 9 nitrogen and oxygen atoms in total. The van der Waals surface area contributed by atoms with Crippen molar-refractivity contribution < 1.29 is 39.1 Å². The van der Waals surface area contributed by atoms with Gasteiger partial charge in [0.05, 0.1) is 13.7 Å². The third-order valence-electron chi connectivity index (χ3n) is 4.54. The fraction of sp³-hybridized carbons (Fsp3) is 0.889. The quantitative estimate of drug-likeness (QED) is 0.267. The topological polar surface area (TPSA) is 135 Å². The van der Waals surface area contributed by atoms with Gasteiger partial charge in [-0.05, 0) is 12.8 Å². The van der Waals surface area contributed by atoms with Crippen LogP contribution < -0.4 is 5.32 Å². The standard InChI is InChI=1S/C18H33NO8/c1-12(21)19-15-17(24)16(23)13(11-20)27-18(15)26-10-8-6-4-3-5-7-9-14(22)25-2/h13,15-18,20,23-24H,3-11H2,1-2H3,(H,19,21)/t13-,15+,16+,17-,18+/m1/s1. The average molecular weight is 391 g/mol. The smallest absolute Gasteiger partial charge is 0.305 e. The van der Waals surface area contributed by atoms with E-state index >= 15 is 0 Å². The minimum absolute atomic E-state index is 0.182. The number of nitrogens with one attached hydrogen (secondary N) is 1. The molecule has 0 aliphatic carbocycles. The maximum Gasteiger partial charge on any atom is 0.305 e. The number of esters is 1. The van der Waals surface area contributed by atoms with Crippen LogP contribution in [0.3, 0.4) is 0 Å². The Kier molecular flexibility index (Phi) is 11.5. The molecule has 0 spiro atoms. The first kappa shape index (κ1) is 23.8. The number of carbonyl (C=O) groups excluding carboxylic acids is 2. The summed E-state index contributed by atoms with van der Waals surface area (Å²) in [5, 5.41) is 31.9. The number of methoxy groups -OCH3 is 1. The summed E-state index contributed by atoms with van der Waals surface area (Å²) in [4.78, 5) is 22.3. The van der Waals surface area contributed by atoms with E-state index in [0.29, 0.717) is 13.0 Å². The van der Waals surface area contributed by atoms with E-state index in [-0.39, 0.29) is 11.9 Å². The number of hydrogen-bond acceptors (Lipinski definition) is 8. The van der Waals surface area contributed by atoms with Crippen molar-refractivity contribution in [2.24, 2.45) is 0 Å². The number of carbonyl (C=O) groups is 2. The van der Waals surface area contributed by atoms with E-state index < -0.39 is 37.3 Å². The molecule has 1 fully saturated rings. The highest BCUT2D eigenvalue weighted by Gasteiger charge is 2.45. The number of aliphatic hydroxyl groups excluding tert-OH is 3. The molecule has 0 saturated carbocycles. The summed E-state index contributed by atoms with van der Waals surface area (Å²) < 4.78 is 15.7. The fourth-order valence-corrected chi connectivity index (χ4v) is 2.99. The molecule has 0 radical (unpaired) electrons. The predicted octanol–water partition coefficient (Wildman–Crippen LogP) is -0.150. The zero-order valence-corrected chi connectivity index (χ0v) is 16.1. The van der Waals surface area contributed by atoms with E-state index in [1.165, 1.54) is 14.0 Å². The lowest BCUT2D eigenvalue weighted by Crippen LogP contribution is -2.64. The highest BCUT2D eigenvalue weighted by atomic mass is 16.7. The molecule has 1 heterocycles. The van der Waals surface area contributed by atoms with Crippen molar-refractivity contribution in [1.82, 2.24) is 5.32 Å². The molecule has 4 N–H and O–H groups in total. The molecule has 0 aromatic rings. The minimum atomic E-state index is -1.31. The molecular weight excluding hydrogens is 358 g/mol. The van der Waals surface area contributed by atoms with Gasteiger partial charge in [0.15, 0.2) is 6.29 Å². The third-order valence-corrected chi connectivity index (χ3v) is 4.54. The number of ether oxygens (including phenoxy) is 3. The number of hydrogen-bond donors (Lipinski definition) is 4. The summed E-state index contributed by atoms with van der Waals surface area (Å²) >= 11 is 0. The molecule has 1 aliphatic heterocycles.